The second-order valence-electron chi connectivity index (χ2n) is 6.47. The average Bonchev–Trinajstić information content (AvgIpc) is 3.35. The molecule has 3 aromatic heterocycles. The summed E-state index contributed by atoms with van der Waals surface area (Å²) >= 11 is 0. The highest BCUT2D eigenvalue weighted by molar-refractivity contribution is 5.72. The molecule has 0 atom stereocenters. The molecule has 0 N–H and O–H groups in total. The third-order valence-corrected chi connectivity index (χ3v) is 4.52. The minimum atomic E-state index is -0.387. The highest BCUT2D eigenvalue weighted by Crippen LogP contribution is 2.24. The highest BCUT2D eigenvalue weighted by Gasteiger charge is 2.17. The van der Waals surface area contributed by atoms with Gasteiger partial charge in [0, 0.05) is 11.8 Å². The van der Waals surface area contributed by atoms with E-state index in [1.54, 1.807) is 30.5 Å². The lowest BCUT2D eigenvalue weighted by Crippen LogP contribution is -2.21. The van der Waals surface area contributed by atoms with Crippen LogP contribution in [0, 0.1) is 5.82 Å². The van der Waals surface area contributed by atoms with Gasteiger partial charge >= 0.3 is 5.69 Å². The Morgan fingerprint density at radius 2 is 1.86 bits per heavy atom. The summed E-state index contributed by atoms with van der Waals surface area (Å²) in [5.41, 5.74) is 2.12. The van der Waals surface area contributed by atoms with Gasteiger partial charge in [-0.1, -0.05) is 47.6 Å². The van der Waals surface area contributed by atoms with E-state index in [1.807, 2.05) is 30.3 Å². The van der Waals surface area contributed by atoms with E-state index < -0.39 is 0 Å². The Morgan fingerprint density at radius 3 is 2.69 bits per heavy atom. The summed E-state index contributed by atoms with van der Waals surface area (Å²) in [5, 5.41) is 8.39. The molecule has 5 rings (SSSR count). The van der Waals surface area contributed by atoms with Crippen LogP contribution >= 0.6 is 0 Å². The van der Waals surface area contributed by atoms with Crippen LogP contribution in [0.2, 0.25) is 0 Å². The Labute approximate surface area is 163 Å². The van der Waals surface area contributed by atoms with Gasteiger partial charge in [0.15, 0.2) is 5.65 Å². The van der Waals surface area contributed by atoms with Crippen molar-refractivity contribution < 1.29 is 8.91 Å². The second kappa shape index (κ2) is 6.83. The van der Waals surface area contributed by atoms with Crippen molar-refractivity contribution in [2.24, 2.45) is 0 Å². The molecule has 0 radical (unpaired) electrons. The Bertz CT molecular complexity index is 1370. The number of hydrogen-bond acceptors (Lipinski definition) is 5. The summed E-state index contributed by atoms with van der Waals surface area (Å²) in [6, 6.07) is 19.0. The molecule has 0 spiro atoms. The molecule has 5 aromatic rings. The van der Waals surface area contributed by atoms with Crippen molar-refractivity contribution in [3.8, 4) is 22.8 Å². The number of rotatable bonds is 4. The molecule has 0 aliphatic rings. The number of aromatic nitrogens is 5. The van der Waals surface area contributed by atoms with Crippen LogP contribution in [0.1, 0.15) is 5.56 Å². The van der Waals surface area contributed by atoms with Crippen molar-refractivity contribution >= 4 is 5.65 Å². The molecule has 0 aliphatic carbocycles. The topological polar surface area (TPSA) is 78.2 Å². The molecule has 0 bridgehead atoms. The van der Waals surface area contributed by atoms with E-state index in [9.17, 15) is 9.18 Å². The van der Waals surface area contributed by atoms with E-state index in [4.69, 9.17) is 4.52 Å². The molecule has 0 saturated heterocycles. The van der Waals surface area contributed by atoms with Crippen molar-refractivity contribution in [1.29, 1.82) is 0 Å². The molecule has 2 aromatic carbocycles. The number of pyridine rings is 1. The number of hydrogen-bond donors (Lipinski definition) is 0. The van der Waals surface area contributed by atoms with Gasteiger partial charge in [-0.25, -0.2) is 18.3 Å². The number of fused-ring (bicyclic) bond motifs is 1. The fourth-order valence-corrected chi connectivity index (χ4v) is 3.14. The third kappa shape index (κ3) is 3.10. The molecule has 142 valence electrons. The lowest BCUT2D eigenvalue weighted by atomic mass is 10.2. The third-order valence-electron chi connectivity index (χ3n) is 4.52. The van der Waals surface area contributed by atoms with Crippen molar-refractivity contribution in [1.82, 2.24) is 24.3 Å². The number of halogens is 1. The van der Waals surface area contributed by atoms with Crippen LogP contribution in [0.3, 0.4) is 0 Å². The first-order chi connectivity index (χ1) is 14.2. The molecule has 0 fully saturated rings. The van der Waals surface area contributed by atoms with Crippen LogP contribution in [0.25, 0.3) is 28.5 Å². The highest BCUT2D eigenvalue weighted by atomic mass is 19.1. The van der Waals surface area contributed by atoms with E-state index in [0.29, 0.717) is 23.3 Å². The summed E-state index contributed by atoms with van der Waals surface area (Å²) in [6.07, 6.45) is 1.64. The molecular weight excluding hydrogens is 373 g/mol. The zero-order chi connectivity index (χ0) is 19.8. The first-order valence-corrected chi connectivity index (χ1v) is 8.91. The lowest BCUT2D eigenvalue weighted by molar-refractivity contribution is 0.432. The molecule has 3 heterocycles. The molecular formula is C21H14FN5O2. The Morgan fingerprint density at radius 1 is 1.00 bits per heavy atom. The summed E-state index contributed by atoms with van der Waals surface area (Å²) in [6.45, 7) is 0.346. The standard InChI is InChI=1S/C21H14FN5O2/c22-16-9-4-8-15(12-16)18-23-20(29-25-18)17-10-5-11-26-19(17)24-27(21(26)28)13-14-6-2-1-3-7-14/h1-12H,13H2. The van der Waals surface area contributed by atoms with Crippen molar-refractivity contribution in [2.45, 2.75) is 6.54 Å². The Kier molecular flexibility index (Phi) is 4.02. The van der Waals surface area contributed by atoms with Gasteiger partial charge in [0.25, 0.3) is 5.89 Å². The summed E-state index contributed by atoms with van der Waals surface area (Å²) in [4.78, 5) is 17.1. The molecule has 0 aliphatic heterocycles. The van der Waals surface area contributed by atoms with Crippen LogP contribution in [0.4, 0.5) is 4.39 Å². The van der Waals surface area contributed by atoms with Crippen LogP contribution in [-0.2, 0) is 6.54 Å². The SMILES string of the molecule is O=c1n(Cc2ccccc2)nc2c(-c3nc(-c4cccc(F)c4)no3)cccn12. The van der Waals surface area contributed by atoms with Gasteiger partial charge in [0.05, 0.1) is 12.1 Å². The first kappa shape index (κ1) is 17.1. The smallest absolute Gasteiger partial charge is 0.333 e. The summed E-state index contributed by atoms with van der Waals surface area (Å²) in [5.74, 6) is 0.0708. The molecule has 0 amide bonds. The van der Waals surface area contributed by atoms with Gasteiger partial charge in [-0.05, 0) is 29.8 Å². The Hall–Kier alpha value is -4.07. The zero-order valence-electron chi connectivity index (χ0n) is 15.1. The zero-order valence-corrected chi connectivity index (χ0v) is 15.1. The van der Waals surface area contributed by atoms with Crippen LogP contribution in [-0.4, -0.2) is 24.3 Å². The lowest BCUT2D eigenvalue weighted by Gasteiger charge is -1.98. The van der Waals surface area contributed by atoms with Gasteiger partial charge in [-0.2, -0.15) is 4.98 Å². The van der Waals surface area contributed by atoms with E-state index in [1.165, 1.54) is 21.2 Å². The van der Waals surface area contributed by atoms with Crippen molar-refractivity contribution in [3.63, 3.8) is 0 Å². The maximum Gasteiger partial charge on any atom is 0.350 e. The van der Waals surface area contributed by atoms with Crippen molar-refractivity contribution in [2.75, 3.05) is 0 Å². The quantitative estimate of drug-likeness (QED) is 0.472. The summed E-state index contributed by atoms with van der Waals surface area (Å²) in [7, 11) is 0. The monoisotopic (exact) mass is 387 g/mol. The fraction of sp³-hybridized carbons (Fsp3) is 0.0476. The van der Waals surface area contributed by atoms with Crippen LogP contribution < -0.4 is 5.69 Å². The van der Waals surface area contributed by atoms with E-state index in [-0.39, 0.29) is 23.2 Å². The van der Waals surface area contributed by atoms with Gasteiger partial charge < -0.3 is 4.52 Å². The van der Waals surface area contributed by atoms with Crippen molar-refractivity contribution in [3.05, 3.63) is 94.8 Å². The minimum absolute atomic E-state index is 0.201. The Balaban J connectivity index is 1.58. The van der Waals surface area contributed by atoms with E-state index >= 15 is 0 Å². The van der Waals surface area contributed by atoms with Gasteiger partial charge in [-0.15, -0.1) is 5.10 Å². The molecule has 0 unspecified atom stereocenters. The average molecular weight is 387 g/mol. The van der Waals surface area contributed by atoms with Gasteiger partial charge in [-0.3, -0.25) is 0 Å². The molecule has 29 heavy (non-hydrogen) atoms. The number of benzene rings is 2. The van der Waals surface area contributed by atoms with Gasteiger partial charge in [0.2, 0.25) is 5.82 Å². The summed E-state index contributed by atoms with van der Waals surface area (Å²) < 4.78 is 21.7. The maximum absolute atomic E-state index is 13.5. The maximum atomic E-state index is 13.5. The number of nitrogens with zero attached hydrogens (tertiary/aromatic N) is 5. The van der Waals surface area contributed by atoms with Gasteiger partial charge in [0.1, 0.15) is 5.82 Å². The predicted octanol–water partition coefficient (Wildman–Crippen LogP) is 3.40. The normalized spacial score (nSPS) is 11.2. The first-order valence-electron chi connectivity index (χ1n) is 8.91. The van der Waals surface area contributed by atoms with Crippen LogP contribution in [0.5, 0.6) is 0 Å². The molecule has 7 nitrogen and oxygen atoms in total. The van der Waals surface area contributed by atoms with E-state index in [0.717, 1.165) is 5.56 Å². The second-order valence-corrected chi connectivity index (χ2v) is 6.47. The molecule has 8 heteroatoms. The fourth-order valence-electron chi connectivity index (χ4n) is 3.14. The molecule has 0 saturated carbocycles. The van der Waals surface area contributed by atoms with Crippen LogP contribution in [0.15, 0.2) is 82.2 Å². The predicted molar refractivity (Wildman–Crippen MR) is 104 cm³/mol. The minimum Gasteiger partial charge on any atom is -0.333 e. The largest absolute Gasteiger partial charge is 0.350 e. The van der Waals surface area contributed by atoms with E-state index in [2.05, 4.69) is 15.2 Å².